The molecule has 3 rings (SSSR count). The second-order valence-electron chi connectivity index (χ2n) is 9.25. The van der Waals surface area contributed by atoms with Gasteiger partial charge in [0.15, 0.2) is 0 Å². The molecule has 0 spiro atoms. The summed E-state index contributed by atoms with van der Waals surface area (Å²) < 4.78 is 5.77. The van der Waals surface area contributed by atoms with Gasteiger partial charge < -0.3 is 30.5 Å². The van der Waals surface area contributed by atoms with E-state index < -0.39 is 18.0 Å². The summed E-state index contributed by atoms with van der Waals surface area (Å²) in [5.41, 5.74) is 0.298. The van der Waals surface area contributed by atoms with Crippen LogP contribution in [0, 0.1) is 5.92 Å². The topological polar surface area (TPSA) is 120 Å². The Kier molecular flexibility index (Phi) is 9.47. The second-order valence-corrected chi connectivity index (χ2v) is 9.25. The van der Waals surface area contributed by atoms with Gasteiger partial charge in [-0.1, -0.05) is 32.9 Å². The molecule has 3 N–H and O–H groups in total. The first-order valence-electron chi connectivity index (χ1n) is 12.4. The van der Waals surface area contributed by atoms with Crippen LogP contribution in [-0.2, 0) is 14.4 Å². The van der Waals surface area contributed by atoms with Crippen LogP contribution in [0.15, 0.2) is 24.3 Å². The predicted octanol–water partition coefficient (Wildman–Crippen LogP) is 0.379. The summed E-state index contributed by atoms with van der Waals surface area (Å²) in [6.45, 7) is 9.77. The van der Waals surface area contributed by atoms with Gasteiger partial charge >= 0.3 is 0 Å². The Morgan fingerprint density at radius 1 is 1.09 bits per heavy atom. The van der Waals surface area contributed by atoms with Crippen LogP contribution in [0.25, 0.3) is 0 Å². The van der Waals surface area contributed by atoms with E-state index in [1.165, 1.54) is 0 Å². The predicted molar refractivity (Wildman–Crippen MR) is 131 cm³/mol. The summed E-state index contributed by atoms with van der Waals surface area (Å²) in [5, 5.41) is 8.40. The fourth-order valence-corrected chi connectivity index (χ4v) is 4.28. The third kappa shape index (κ3) is 7.17. The number of benzene rings is 1. The van der Waals surface area contributed by atoms with Crippen LogP contribution in [-0.4, -0.2) is 91.4 Å². The van der Waals surface area contributed by atoms with E-state index in [1.807, 2.05) is 13.8 Å². The number of piperazine rings is 1. The zero-order valence-electron chi connectivity index (χ0n) is 20.8. The van der Waals surface area contributed by atoms with Gasteiger partial charge in [-0.25, -0.2) is 0 Å². The molecule has 0 saturated carbocycles. The van der Waals surface area contributed by atoms with Gasteiger partial charge in [0.2, 0.25) is 17.7 Å². The Labute approximate surface area is 206 Å². The quantitative estimate of drug-likeness (QED) is 0.567. The monoisotopic (exact) mass is 487 g/mol. The molecule has 2 heterocycles. The van der Waals surface area contributed by atoms with Crippen LogP contribution in [0.5, 0.6) is 5.75 Å². The van der Waals surface area contributed by atoms with Gasteiger partial charge in [0.25, 0.3) is 5.91 Å². The highest BCUT2D eigenvalue weighted by Crippen LogP contribution is 2.19. The highest BCUT2D eigenvalue weighted by Gasteiger charge is 2.31. The molecule has 0 bridgehead atoms. The van der Waals surface area contributed by atoms with Crippen molar-refractivity contribution in [1.29, 1.82) is 0 Å². The number of ether oxygens (including phenoxy) is 1. The SMILES string of the molecule is CCN1CCN(C(=O)[C@@H]2CCC(=O)N[C@@H](C(C)C)C(=O)NCCOc3ccccc3C(=O)N2)CC1. The smallest absolute Gasteiger partial charge is 0.255 e. The molecule has 0 radical (unpaired) electrons. The van der Waals surface area contributed by atoms with E-state index in [9.17, 15) is 19.2 Å². The molecule has 0 aliphatic carbocycles. The molecule has 4 amide bonds. The highest BCUT2D eigenvalue weighted by atomic mass is 16.5. The Balaban J connectivity index is 1.83. The zero-order chi connectivity index (χ0) is 25.4. The van der Waals surface area contributed by atoms with Gasteiger partial charge in [0.1, 0.15) is 24.4 Å². The van der Waals surface area contributed by atoms with Crippen LogP contribution >= 0.6 is 0 Å². The van der Waals surface area contributed by atoms with Crippen molar-refractivity contribution >= 4 is 23.6 Å². The van der Waals surface area contributed by atoms with Crippen molar-refractivity contribution in [2.45, 2.75) is 45.7 Å². The van der Waals surface area contributed by atoms with Crippen molar-refractivity contribution in [3.63, 3.8) is 0 Å². The molecule has 0 aromatic heterocycles. The van der Waals surface area contributed by atoms with Crippen LogP contribution in [0.4, 0.5) is 0 Å². The number of likely N-dealkylation sites (N-methyl/N-ethyl adjacent to an activating group) is 1. The molecule has 10 nitrogen and oxygen atoms in total. The summed E-state index contributed by atoms with van der Waals surface area (Å²) in [7, 11) is 0. The van der Waals surface area contributed by atoms with Crippen LogP contribution in [0.2, 0.25) is 0 Å². The number of para-hydroxylation sites is 1. The Morgan fingerprint density at radius 3 is 2.49 bits per heavy atom. The molecular formula is C25H37N5O5. The number of hydrogen-bond acceptors (Lipinski definition) is 6. The molecule has 1 aromatic rings. The van der Waals surface area contributed by atoms with E-state index in [0.29, 0.717) is 24.4 Å². The van der Waals surface area contributed by atoms with Gasteiger partial charge in [-0.3, -0.25) is 19.2 Å². The molecule has 10 heteroatoms. The van der Waals surface area contributed by atoms with Gasteiger partial charge in [0.05, 0.1) is 12.1 Å². The fourth-order valence-electron chi connectivity index (χ4n) is 4.28. The molecule has 35 heavy (non-hydrogen) atoms. The lowest BCUT2D eigenvalue weighted by Crippen LogP contribution is -2.55. The molecule has 1 saturated heterocycles. The first kappa shape index (κ1) is 26.5. The maximum absolute atomic E-state index is 13.4. The summed E-state index contributed by atoms with van der Waals surface area (Å²) in [5.74, 6) is -1.04. The lowest BCUT2D eigenvalue weighted by molar-refractivity contribution is -0.135. The number of rotatable bonds is 3. The summed E-state index contributed by atoms with van der Waals surface area (Å²) >= 11 is 0. The standard InChI is InChI=1S/C25H37N5O5/c1-4-29-12-14-30(15-13-29)25(34)19-9-10-21(31)28-22(17(2)3)24(33)26-11-16-35-20-8-6-5-7-18(20)23(32)27-19/h5-8,17,19,22H,4,9-16H2,1-3H3,(H,26,33)(H,27,32)(H,28,31)/t19-,22-/m0/s1. The number of fused-ring (bicyclic) bond motifs is 1. The number of amides is 4. The van der Waals surface area contributed by atoms with Crippen molar-refractivity contribution in [2.24, 2.45) is 5.92 Å². The zero-order valence-corrected chi connectivity index (χ0v) is 20.8. The minimum absolute atomic E-state index is 0.000256. The highest BCUT2D eigenvalue weighted by molar-refractivity contribution is 6.00. The van der Waals surface area contributed by atoms with Gasteiger partial charge in [-0.2, -0.15) is 0 Å². The normalized spacial score (nSPS) is 23.2. The van der Waals surface area contributed by atoms with Crippen molar-refractivity contribution in [3.05, 3.63) is 29.8 Å². The van der Waals surface area contributed by atoms with E-state index in [0.717, 1.165) is 19.6 Å². The number of carbonyl (C=O) groups excluding carboxylic acids is 4. The van der Waals surface area contributed by atoms with Gasteiger partial charge in [-0.15, -0.1) is 0 Å². The first-order valence-corrected chi connectivity index (χ1v) is 12.4. The molecular weight excluding hydrogens is 450 g/mol. The minimum atomic E-state index is -0.870. The maximum atomic E-state index is 13.4. The lowest BCUT2D eigenvalue weighted by Gasteiger charge is -2.36. The van der Waals surface area contributed by atoms with E-state index in [-0.39, 0.29) is 49.6 Å². The average molecular weight is 488 g/mol. The number of carbonyl (C=O) groups is 4. The third-order valence-corrected chi connectivity index (χ3v) is 6.45. The molecule has 2 aliphatic heterocycles. The molecule has 0 unspecified atom stereocenters. The first-order chi connectivity index (χ1) is 16.8. The largest absolute Gasteiger partial charge is 0.491 e. The van der Waals surface area contributed by atoms with Crippen LogP contribution in [0.1, 0.15) is 44.0 Å². The fraction of sp³-hybridized carbons (Fsp3) is 0.600. The molecule has 2 aliphatic rings. The lowest BCUT2D eigenvalue weighted by atomic mass is 10.0. The van der Waals surface area contributed by atoms with Crippen molar-refractivity contribution < 1.29 is 23.9 Å². The summed E-state index contributed by atoms with van der Waals surface area (Å²) in [6.07, 6.45) is 0.125. The van der Waals surface area contributed by atoms with Crippen LogP contribution < -0.4 is 20.7 Å². The van der Waals surface area contributed by atoms with E-state index >= 15 is 0 Å². The second kappa shape index (κ2) is 12.5. The Bertz CT molecular complexity index is 913. The molecule has 2 atom stereocenters. The van der Waals surface area contributed by atoms with Gasteiger partial charge in [-0.05, 0) is 31.0 Å². The van der Waals surface area contributed by atoms with E-state index in [1.54, 1.807) is 29.2 Å². The van der Waals surface area contributed by atoms with E-state index in [2.05, 4.69) is 27.8 Å². The minimum Gasteiger partial charge on any atom is -0.491 e. The molecule has 1 aromatic carbocycles. The number of nitrogens with one attached hydrogen (secondary N) is 3. The molecule has 192 valence electrons. The van der Waals surface area contributed by atoms with E-state index in [4.69, 9.17) is 4.74 Å². The molecule has 1 fully saturated rings. The number of hydrogen-bond donors (Lipinski definition) is 3. The Morgan fingerprint density at radius 2 is 1.80 bits per heavy atom. The van der Waals surface area contributed by atoms with Crippen LogP contribution in [0.3, 0.4) is 0 Å². The summed E-state index contributed by atoms with van der Waals surface area (Å²) in [4.78, 5) is 56.0. The van der Waals surface area contributed by atoms with Crippen molar-refractivity contribution in [2.75, 3.05) is 45.9 Å². The van der Waals surface area contributed by atoms with Crippen molar-refractivity contribution in [3.8, 4) is 5.75 Å². The summed E-state index contributed by atoms with van der Waals surface area (Å²) in [6, 6.07) is 5.21. The van der Waals surface area contributed by atoms with Gasteiger partial charge in [0, 0.05) is 32.6 Å². The Hall–Kier alpha value is -3.14. The average Bonchev–Trinajstić information content (AvgIpc) is 2.86. The third-order valence-electron chi connectivity index (χ3n) is 6.45. The maximum Gasteiger partial charge on any atom is 0.255 e. The number of nitrogens with zero attached hydrogens (tertiary/aromatic N) is 2. The van der Waals surface area contributed by atoms with Crippen molar-refractivity contribution in [1.82, 2.24) is 25.8 Å².